The Morgan fingerprint density at radius 2 is 2.11 bits per heavy atom. The van der Waals surface area contributed by atoms with Crippen LogP contribution in [-0.2, 0) is 11.3 Å². The minimum Gasteiger partial charge on any atom is -0.461 e. The lowest BCUT2D eigenvalue weighted by Crippen LogP contribution is -2.30. The van der Waals surface area contributed by atoms with Gasteiger partial charge in [0.25, 0.3) is 0 Å². The van der Waals surface area contributed by atoms with Crippen LogP contribution in [0.3, 0.4) is 0 Å². The Morgan fingerprint density at radius 1 is 1.33 bits per heavy atom. The SMILES string of the molecule is CCn1c(S[C@@H](C(=O)NC2CC2)c2ccc(F)cc2)nnc1-c1ccco1. The molecule has 1 aromatic carbocycles. The summed E-state index contributed by atoms with van der Waals surface area (Å²) in [5.74, 6) is 0.809. The molecule has 1 aliphatic carbocycles. The van der Waals surface area contributed by atoms with Crippen molar-refractivity contribution in [2.24, 2.45) is 0 Å². The second kappa shape index (κ2) is 7.56. The van der Waals surface area contributed by atoms with E-state index in [0.717, 1.165) is 18.4 Å². The van der Waals surface area contributed by atoms with Gasteiger partial charge in [0.15, 0.2) is 16.7 Å². The Labute approximate surface area is 160 Å². The molecule has 1 saturated carbocycles. The zero-order chi connectivity index (χ0) is 18.8. The topological polar surface area (TPSA) is 73.0 Å². The summed E-state index contributed by atoms with van der Waals surface area (Å²) in [4.78, 5) is 12.8. The first-order valence-electron chi connectivity index (χ1n) is 8.85. The molecule has 1 atom stereocenters. The Kier molecular flexibility index (Phi) is 4.98. The van der Waals surface area contributed by atoms with E-state index >= 15 is 0 Å². The number of carbonyl (C=O) groups is 1. The largest absolute Gasteiger partial charge is 0.461 e. The normalized spacial score (nSPS) is 14.9. The molecule has 3 aromatic rings. The Hall–Kier alpha value is -2.61. The van der Waals surface area contributed by atoms with Crippen LogP contribution in [-0.4, -0.2) is 26.7 Å². The number of nitrogens with zero attached hydrogens (tertiary/aromatic N) is 3. The molecule has 0 aliphatic heterocycles. The van der Waals surface area contributed by atoms with E-state index in [0.29, 0.717) is 23.3 Å². The average Bonchev–Trinajstić information content (AvgIpc) is 3.17. The summed E-state index contributed by atoms with van der Waals surface area (Å²) in [5.41, 5.74) is 0.727. The van der Waals surface area contributed by atoms with Crippen molar-refractivity contribution < 1.29 is 13.6 Å². The number of thioether (sulfide) groups is 1. The summed E-state index contributed by atoms with van der Waals surface area (Å²) in [7, 11) is 0. The van der Waals surface area contributed by atoms with Gasteiger partial charge in [-0.15, -0.1) is 10.2 Å². The number of hydrogen-bond acceptors (Lipinski definition) is 5. The Morgan fingerprint density at radius 3 is 2.74 bits per heavy atom. The van der Waals surface area contributed by atoms with Crippen molar-refractivity contribution in [2.45, 2.75) is 42.8 Å². The van der Waals surface area contributed by atoms with E-state index in [1.54, 1.807) is 24.5 Å². The molecule has 140 valence electrons. The van der Waals surface area contributed by atoms with Crippen molar-refractivity contribution >= 4 is 17.7 Å². The fraction of sp³-hybridized carbons (Fsp3) is 0.316. The lowest BCUT2D eigenvalue weighted by atomic mass is 10.1. The molecular formula is C19H19FN4O2S. The maximum atomic E-state index is 13.3. The van der Waals surface area contributed by atoms with E-state index in [2.05, 4.69) is 15.5 Å². The number of halogens is 1. The predicted octanol–water partition coefficient (Wildman–Crippen LogP) is 3.81. The van der Waals surface area contributed by atoms with E-state index in [-0.39, 0.29) is 17.8 Å². The van der Waals surface area contributed by atoms with Crippen LogP contribution < -0.4 is 5.32 Å². The first kappa shape index (κ1) is 17.8. The molecule has 0 radical (unpaired) electrons. The van der Waals surface area contributed by atoms with Gasteiger partial charge in [0, 0.05) is 12.6 Å². The van der Waals surface area contributed by atoms with Crippen LogP contribution in [0.2, 0.25) is 0 Å². The zero-order valence-electron chi connectivity index (χ0n) is 14.8. The van der Waals surface area contributed by atoms with Gasteiger partial charge in [0.1, 0.15) is 11.1 Å². The van der Waals surface area contributed by atoms with Crippen LogP contribution in [0.15, 0.2) is 52.2 Å². The number of hydrogen-bond donors (Lipinski definition) is 1. The van der Waals surface area contributed by atoms with Crippen LogP contribution in [0.4, 0.5) is 4.39 Å². The fourth-order valence-corrected chi connectivity index (χ4v) is 3.88. The van der Waals surface area contributed by atoms with Crippen LogP contribution in [0.25, 0.3) is 11.6 Å². The Balaban J connectivity index is 1.65. The van der Waals surface area contributed by atoms with Crippen LogP contribution in [0.1, 0.15) is 30.6 Å². The van der Waals surface area contributed by atoms with Crippen molar-refractivity contribution in [1.29, 1.82) is 0 Å². The second-order valence-corrected chi connectivity index (χ2v) is 7.43. The molecule has 0 bridgehead atoms. The van der Waals surface area contributed by atoms with Gasteiger partial charge in [-0.3, -0.25) is 9.36 Å². The monoisotopic (exact) mass is 386 g/mol. The van der Waals surface area contributed by atoms with Crippen molar-refractivity contribution in [3.05, 3.63) is 54.0 Å². The van der Waals surface area contributed by atoms with Crippen LogP contribution in [0.5, 0.6) is 0 Å². The van der Waals surface area contributed by atoms with E-state index in [4.69, 9.17) is 4.42 Å². The number of aromatic nitrogens is 3. The summed E-state index contributed by atoms with van der Waals surface area (Å²) in [6, 6.07) is 9.87. The van der Waals surface area contributed by atoms with E-state index in [1.165, 1.54) is 23.9 Å². The zero-order valence-corrected chi connectivity index (χ0v) is 15.6. The smallest absolute Gasteiger partial charge is 0.238 e. The molecule has 0 spiro atoms. The molecule has 0 unspecified atom stereocenters. The summed E-state index contributed by atoms with van der Waals surface area (Å²) >= 11 is 1.31. The highest BCUT2D eigenvalue weighted by atomic mass is 32.2. The molecule has 4 rings (SSSR count). The van der Waals surface area contributed by atoms with E-state index in [9.17, 15) is 9.18 Å². The van der Waals surface area contributed by atoms with Crippen molar-refractivity contribution in [3.63, 3.8) is 0 Å². The average molecular weight is 386 g/mol. The fourth-order valence-electron chi connectivity index (χ4n) is 2.77. The Bertz CT molecular complexity index is 920. The van der Waals surface area contributed by atoms with Gasteiger partial charge in [0.05, 0.1) is 6.26 Å². The van der Waals surface area contributed by atoms with Gasteiger partial charge >= 0.3 is 0 Å². The number of nitrogens with one attached hydrogen (secondary N) is 1. The molecule has 2 heterocycles. The number of benzene rings is 1. The minimum absolute atomic E-state index is 0.0979. The highest BCUT2D eigenvalue weighted by molar-refractivity contribution is 8.00. The highest BCUT2D eigenvalue weighted by Gasteiger charge is 2.31. The number of furan rings is 1. The predicted molar refractivity (Wildman–Crippen MR) is 99.6 cm³/mol. The van der Waals surface area contributed by atoms with Crippen molar-refractivity contribution in [1.82, 2.24) is 20.1 Å². The summed E-state index contributed by atoms with van der Waals surface area (Å²) in [6.07, 6.45) is 3.59. The molecule has 1 fully saturated rings. The van der Waals surface area contributed by atoms with Gasteiger partial charge in [-0.05, 0) is 49.6 Å². The van der Waals surface area contributed by atoms with Crippen molar-refractivity contribution in [3.8, 4) is 11.6 Å². The molecule has 6 nitrogen and oxygen atoms in total. The molecular weight excluding hydrogens is 367 g/mol. The molecule has 0 saturated heterocycles. The molecule has 1 amide bonds. The van der Waals surface area contributed by atoms with E-state index < -0.39 is 5.25 Å². The van der Waals surface area contributed by atoms with Gasteiger partial charge < -0.3 is 9.73 Å². The van der Waals surface area contributed by atoms with Gasteiger partial charge in [0.2, 0.25) is 5.91 Å². The van der Waals surface area contributed by atoms with Crippen LogP contribution >= 0.6 is 11.8 Å². The van der Waals surface area contributed by atoms with Gasteiger partial charge in [-0.1, -0.05) is 23.9 Å². The number of carbonyl (C=O) groups excluding carboxylic acids is 1. The lowest BCUT2D eigenvalue weighted by molar-refractivity contribution is -0.120. The molecule has 27 heavy (non-hydrogen) atoms. The van der Waals surface area contributed by atoms with Crippen molar-refractivity contribution in [2.75, 3.05) is 0 Å². The molecule has 1 N–H and O–H groups in total. The quantitative estimate of drug-likeness (QED) is 0.625. The van der Waals surface area contributed by atoms with Gasteiger partial charge in [-0.2, -0.15) is 0 Å². The summed E-state index contributed by atoms with van der Waals surface area (Å²) in [6.45, 7) is 2.61. The van der Waals surface area contributed by atoms with E-state index in [1.807, 2.05) is 17.6 Å². The molecule has 8 heteroatoms. The third kappa shape index (κ3) is 3.90. The lowest BCUT2D eigenvalue weighted by Gasteiger charge is -2.17. The van der Waals surface area contributed by atoms with Crippen LogP contribution in [0, 0.1) is 5.82 Å². The number of rotatable bonds is 7. The molecule has 1 aliphatic rings. The minimum atomic E-state index is -0.537. The highest BCUT2D eigenvalue weighted by Crippen LogP contribution is 2.37. The second-order valence-electron chi connectivity index (χ2n) is 6.36. The first-order valence-corrected chi connectivity index (χ1v) is 9.73. The summed E-state index contributed by atoms with van der Waals surface area (Å²) < 4.78 is 20.7. The third-order valence-electron chi connectivity index (χ3n) is 4.33. The summed E-state index contributed by atoms with van der Waals surface area (Å²) in [5, 5.41) is 11.6. The maximum Gasteiger partial charge on any atom is 0.238 e. The first-order chi connectivity index (χ1) is 13.2. The maximum absolute atomic E-state index is 13.3. The third-order valence-corrected chi connectivity index (χ3v) is 5.57. The van der Waals surface area contributed by atoms with Gasteiger partial charge in [-0.25, -0.2) is 4.39 Å². The number of amides is 1. The standard InChI is InChI=1S/C19H19FN4O2S/c1-2-24-17(15-4-3-11-26-15)22-23-19(24)27-16(18(25)21-14-9-10-14)12-5-7-13(20)8-6-12/h3-8,11,14,16H,2,9-10H2,1H3,(H,21,25)/t16-/m1/s1. The molecule has 2 aromatic heterocycles.